The predicted molar refractivity (Wildman–Crippen MR) is 499 cm³/mol. The van der Waals surface area contributed by atoms with Crippen LogP contribution in [0.5, 0.6) is 23.0 Å². The fourth-order valence-corrected chi connectivity index (χ4v) is 14.3. The Bertz CT molecular complexity index is 5430. The summed E-state index contributed by atoms with van der Waals surface area (Å²) in [7, 11) is -2.08. The second kappa shape index (κ2) is 58.4. The number of aldehydes is 2. The van der Waals surface area contributed by atoms with E-state index in [1.807, 2.05) is 117 Å². The van der Waals surface area contributed by atoms with Gasteiger partial charge in [0.05, 0.1) is 55.7 Å². The zero-order valence-electron chi connectivity index (χ0n) is 74.1. The fraction of sp³-hybridized carbons (Fsp3) is 0.333. The van der Waals surface area contributed by atoms with Crippen LogP contribution < -0.4 is 41.2 Å². The van der Waals surface area contributed by atoms with Gasteiger partial charge in [-0.15, -0.1) is 0 Å². The van der Waals surface area contributed by atoms with Crippen molar-refractivity contribution in [1.82, 2.24) is 51.1 Å². The molecule has 692 valence electrons. The molecule has 130 heavy (non-hydrogen) atoms. The third kappa shape index (κ3) is 42.0. The minimum Gasteiger partial charge on any atom is -0.508 e. The van der Waals surface area contributed by atoms with Gasteiger partial charge in [0.2, 0.25) is 17.7 Å². The summed E-state index contributed by atoms with van der Waals surface area (Å²) in [5, 5.41) is 29.6. The van der Waals surface area contributed by atoms with Crippen LogP contribution in [0.4, 0.5) is 8.78 Å². The fourth-order valence-electron chi connectivity index (χ4n) is 13.1. The van der Waals surface area contributed by atoms with Gasteiger partial charge in [0.1, 0.15) is 47.2 Å². The number of nitrogens with two attached hydrogens (primary N) is 1. The van der Waals surface area contributed by atoms with Gasteiger partial charge in [0, 0.05) is 153 Å². The number of aryl methyl sites for hydroxylation is 4. The van der Waals surface area contributed by atoms with Crippen LogP contribution in [0.3, 0.4) is 0 Å². The number of aromatic nitrogens is 5. The van der Waals surface area contributed by atoms with Crippen molar-refractivity contribution in [3.05, 3.63) is 333 Å². The summed E-state index contributed by atoms with van der Waals surface area (Å²) in [6.07, 6.45) is 25.5. The maximum Gasteiger partial charge on any atom is 0.264 e. The summed E-state index contributed by atoms with van der Waals surface area (Å²) in [4.78, 5) is 79.3. The van der Waals surface area contributed by atoms with Gasteiger partial charge < -0.3 is 51.4 Å². The third-order valence-corrected chi connectivity index (χ3v) is 22.1. The van der Waals surface area contributed by atoms with Crippen molar-refractivity contribution in [1.29, 1.82) is 0 Å². The number of carbonyl (C=O) groups is 5. The molecule has 31 heteroatoms. The lowest BCUT2D eigenvalue weighted by molar-refractivity contribution is -0.126. The molecule has 6 aromatic carbocycles. The van der Waals surface area contributed by atoms with Crippen LogP contribution in [0.15, 0.2) is 248 Å². The van der Waals surface area contributed by atoms with Gasteiger partial charge in [-0.2, -0.15) is 8.42 Å². The minimum atomic E-state index is -3.71. The summed E-state index contributed by atoms with van der Waals surface area (Å²) in [6.45, 7) is 14.1. The van der Waals surface area contributed by atoms with Gasteiger partial charge in [-0.05, 0) is 276 Å². The molecule has 0 saturated carbocycles. The first-order chi connectivity index (χ1) is 62.6. The summed E-state index contributed by atoms with van der Waals surface area (Å²) >= 11 is 0. The number of nitrogens with one attached hydrogen (secondary N) is 4. The maximum atomic E-state index is 13.4. The molecule has 3 saturated heterocycles. The van der Waals surface area contributed by atoms with Gasteiger partial charge in [-0.25, -0.2) is 17.2 Å². The quantitative estimate of drug-likeness (QED) is 0.0130. The number of ether oxygens (including phenoxy) is 3. The van der Waals surface area contributed by atoms with Crippen LogP contribution in [0.25, 0.3) is 0 Å². The predicted octanol–water partition coefficient (Wildman–Crippen LogP) is 14.5. The summed E-state index contributed by atoms with van der Waals surface area (Å²) in [6, 6.07) is 59.7. The molecule has 3 atom stereocenters. The number of aromatic hydroxyl groups is 1. The average molecular weight is 1840 g/mol. The molecule has 8 heterocycles. The Balaban J connectivity index is 0.000000214. The summed E-state index contributed by atoms with van der Waals surface area (Å²) in [5.74, 6) is 2.26. The molecule has 3 aliphatic heterocycles. The zero-order chi connectivity index (χ0) is 93.7. The number of nitrogens with zero attached hydrogens (tertiary/aromatic N) is 6. The number of benzene rings is 6. The Kier molecular flexibility index (Phi) is 47.2. The number of amides is 3. The molecule has 3 unspecified atom stereocenters. The lowest BCUT2D eigenvalue weighted by atomic mass is 10.0. The molecule has 3 fully saturated rings. The van der Waals surface area contributed by atoms with Gasteiger partial charge in [-0.1, -0.05) is 66.7 Å². The molecule has 3 amide bonds. The van der Waals surface area contributed by atoms with Crippen LogP contribution in [-0.2, 0) is 89.5 Å². The van der Waals surface area contributed by atoms with Gasteiger partial charge >= 0.3 is 0 Å². The van der Waals surface area contributed by atoms with Crippen molar-refractivity contribution >= 4 is 60.1 Å². The molecule has 14 rings (SSSR count). The molecular weight excluding hydrogens is 1720 g/mol. The van der Waals surface area contributed by atoms with Crippen LogP contribution in [0.1, 0.15) is 146 Å². The van der Waals surface area contributed by atoms with E-state index in [0.717, 1.165) is 224 Å². The van der Waals surface area contributed by atoms with Crippen molar-refractivity contribution in [3.63, 3.8) is 0 Å². The van der Waals surface area contributed by atoms with Crippen molar-refractivity contribution in [2.24, 2.45) is 5.73 Å². The number of carbonyl (C=O) groups excluding carboxylic acids is 5. The molecule has 0 radical (unpaired) electrons. The molecule has 3 aliphatic rings. The third-order valence-electron chi connectivity index (χ3n) is 20.1. The molecule has 26 nitrogen and oxygen atoms in total. The Hall–Kier alpha value is -12.1. The summed E-state index contributed by atoms with van der Waals surface area (Å²) < 4.78 is 90.1. The smallest absolute Gasteiger partial charge is 0.264 e. The molecule has 0 spiro atoms. The van der Waals surface area contributed by atoms with Gasteiger partial charge in [0.15, 0.2) is 0 Å². The highest BCUT2D eigenvalue weighted by atomic mass is 35.7. The van der Waals surface area contributed by atoms with E-state index in [1.165, 1.54) is 18.2 Å². The molecule has 11 aromatic rings. The van der Waals surface area contributed by atoms with E-state index in [1.54, 1.807) is 80.5 Å². The van der Waals surface area contributed by atoms with Crippen molar-refractivity contribution in [3.8, 4) is 23.0 Å². The number of phenols is 1. The van der Waals surface area contributed by atoms with E-state index in [2.05, 4.69) is 86.5 Å². The Morgan fingerprint density at radius 1 is 0.485 bits per heavy atom. The average Bonchev–Trinajstić information content (AvgIpc) is 1.09. The number of halogens is 3. The van der Waals surface area contributed by atoms with Gasteiger partial charge in [-0.3, -0.25) is 58.0 Å². The Morgan fingerprint density at radius 2 is 0.923 bits per heavy atom. The maximum absolute atomic E-state index is 13.4. The topological polar surface area (TPSA) is 373 Å². The molecule has 8 N–H and O–H groups in total. The number of phenolic OH excluding ortho intramolecular Hbond substituents is 1. The highest BCUT2D eigenvalue weighted by Gasteiger charge is 2.28. The molecule has 0 aliphatic carbocycles. The highest BCUT2D eigenvalue weighted by molar-refractivity contribution is 8.13. The lowest BCUT2D eigenvalue weighted by Gasteiger charge is -2.30. The number of aliphatic hydroxyl groups is 1. The number of pyridine rings is 5. The number of hydrogen-bond acceptors (Lipinski definition) is 23. The minimum absolute atomic E-state index is 0.00694. The first-order valence-corrected chi connectivity index (χ1v) is 47.1. The first kappa shape index (κ1) is 105. The van der Waals surface area contributed by atoms with E-state index in [-0.39, 0.29) is 65.5 Å². The monoisotopic (exact) mass is 1840 g/mol. The van der Waals surface area contributed by atoms with Crippen LogP contribution >= 0.6 is 10.7 Å². The number of rotatable bonds is 29. The summed E-state index contributed by atoms with van der Waals surface area (Å²) in [5.41, 5.74) is 18.8. The number of hydrogen-bond donors (Lipinski definition) is 7. The highest BCUT2D eigenvalue weighted by Crippen LogP contribution is 2.26. The van der Waals surface area contributed by atoms with Crippen molar-refractivity contribution < 1.29 is 78.2 Å². The largest absolute Gasteiger partial charge is 0.508 e. The van der Waals surface area contributed by atoms with Crippen molar-refractivity contribution in [2.45, 2.75) is 160 Å². The Labute approximate surface area is 766 Å². The van der Waals surface area contributed by atoms with E-state index in [0.29, 0.717) is 63.4 Å². The van der Waals surface area contributed by atoms with Crippen LogP contribution in [-0.4, -0.2) is 164 Å². The van der Waals surface area contributed by atoms with Crippen molar-refractivity contribution in [2.75, 3.05) is 58.9 Å². The first-order valence-electron chi connectivity index (χ1n) is 43.0. The standard InChI is InChI=1S/C28H32FN3O2.C21H27N3O2.C15H15NO2.C8H11NO3S.C8H8O2.C7H9NO.C6H4ClFO2S.C6H12N2O/c1-21-18-23(10-13-27(21)34-17-14-25-6-2-4-15-30-25)20-32(19-22-8-11-24(29)12-9-22)26-7-3-5-16-31-28(26)33;1-16-14-17(15-24-19-7-3-5-12-23-21(19)25)8-9-20(16)26-13-10-18-6-2-4-11-22-18;1-12-10-13(11-17)5-6-15(12)18-9-7-14-4-2-3-8-16-14;1-13(10,11)12-7-5-8-4-2-3-6-9-8;1-6-4-7(5-9)2-3-8(6)10;9-5-3-7-2-1-4-8-6-7;7-11(9,10)6-3-1-5(8)2-4-6;7-5-3-1-2-4-8-6(5)9/h2,4,6,8-13,15,18,26H,3,5,7,14,16-17,19-20H2,1H3,(H,31,33);2,4,6,8-9,11,14,19,24H,3,5,7,10,12-13,15H2,1H3,(H,23,25);2-6,8,10-11H,7,9H2,1H3;2-4,6H,5,7H2,1H3;2-5,10H,1H3;1-2,4,6,9H,3,5H2;1-4H;5H,1-4,7H2,(H,8,9). The van der Waals surface area contributed by atoms with E-state index >= 15 is 0 Å². The molecular formula is C99H118ClF2N11O15S2. The number of aliphatic hydroxyl groups excluding tert-OH is 1. The van der Waals surface area contributed by atoms with Crippen LogP contribution in [0.2, 0.25) is 0 Å². The lowest BCUT2D eigenvalue weighted by Crippen LogP contribution is -2.45. The van der Waals surface area contributed by atoms with Crippen LogP contribution in [0, 0.1) is 39.3 Å². The van der Waals surface area contributed by atoms with E-state index < -0.39 is 25.0 Å². The normalized spacial score (nSPS) is 14.6. The second-order valence-corrected chi connectivity index (χ2v) is 34.7. The van der Waals surface area contributed by atoms with E-state index in [4.69, 9.17) is 40.8 Å². The molecule has 5 aromatic heterocycles. The Morgan fingerprint density at radius 3 is 1.38 bits per heavy atom. The van der Waals surface area contributed by atoms with E-state index in [9.17, 15) is 49.6 Å². The molecule has 0 bridgehead atoms. The zero-order valence-corrected chi connectivity index (χ0v) is 76.5. The second-order valence-electron chi connectivity index (χ2n) is 30.5. The van der Waals surface area contributed by atoms with Gasteiger partial charge in [0.25, 0.3) is 19.2 Å². The SMILES string of the molecule is CS(=O)(=O)OCCc1ccccn1.Cc1cc(C=O)ccc1O.Cc1cc(C=O)ccc1OCCc1ccccn1.Cc1cc(CN(Cc2ccc(F)cc2)C2CCCCNC2=O)ccc1OCCc1ccccn1.Cc1cc(CNC2CCCCNC2=O)ccc1OCCc1ccccn1.NC1CCCCNC1=O.O=S(=O)(Cl)c1ccc(F)cc1.OCCc1cccnc1.